The number of carbonyl (C=O) groups is 1. The Kier molecular flexibility index (Phi) is 4.72. The van der Waals surface area contributed by atoms with E-state index < -0.39 is 0 Å². The molecule has 0 radical (unpaired) electrons. The Labute approximate surface area is 98.9 Å². The third-order valence-electron chi connectivity index (χ3n) is 3.18. The average molecular weight is 218 g/mol. The molecule has 1 heteroatoms. The number of unbranched alkanes of at least 4 members (excludes halogenated alkanes) is 1. The van der Waals surface area contributed by atoms with Gasteiger partial charge in [0.05, 0.1) is 0 Å². The third-order valence-corrected chi connectivity index (χ3v) is 3.18. The largest absolute Gasteiger partial charge is 0.300 e. The van der Waals surface area contributed by atoms with E-state index in [9.17, 15) is 4.79 Å². The summed E-state index contributed by atoms with van der Waals surface area (Å²) in [5.41, 5.74) is 5.55. The summed E-state index contributed by atoms with van der Waals surface area (Å²) in [6, 6.07) is 4.55. The van der Waals surface area contributed by atoms with Crippen LogP contribution in [-0.4, -0.2) is 5.78 Å². The summed E-state index contributed by atoms with van der Waals surface area (Å²) in [5.74, 6) is 0.303. The van der Waals surface area contributed by atoms with Gasteiger partial charge in [-0.1, -0.05) is 12.1 Å². The first-order chi connectivity index (χ1) is 7.50. The van der Waals surface area contributed by atoms with Gasteiger partial charge in [-0.2, -0.15) is 0 Å². The minimum absolute atomic E-state index is 0.303. The molecule has 1 aromatic carbocycles. The number of Topliss-reactive ketones (excluding diaryl/α,β-unsaturated/α-hetero) is 1. The van der Waals surface area contributed by atoms with Crippen molar-refractivity contribution >= 4 is 5.78 Å². The number of hydrogen-bond acceptors (Lipinski definition) is 1. The van der Waals surface area contributed by atoms with Gasteiger partial charge in [0, 0.05) is 6.42 Å². The van der Waals surface area contributed by atoms with E-state index in [0.29, 0.717) is 5.78 Å². The summed E-state index contributed by atoms with van der Waals surface area (Å²) in [4.78, 5) is 10.8. The lowest BCUT2D eigenvalue weighted by atomic mass is 9.97. The zero-order valence-corrected chi connectivity index (χ0v) is 10.9. The van der Waals surface area contributed by atoms with Crippen molar-refractivity contribution in [1.82, 2.24) is 0 Å². The maximum absolute atomic E-state index is 10.8. The highest BCUT2D eigenvalue weighted by Gasteiger charge is 2.02. The summed E-state index contributed by atoms with van der Waals surface area (Å²) < 4.78 is 0. The molecule has 0 fully saturated rings. The van der Waals surface area contributed by atoms with Crippen molar-refractivity contribution in [1.29, 1.82) is 0 Å². The zero-order valence-electron chi connectivity index (χ0n) is 10.9. The lowest BCUT2D eigenvalue weighted by Crippen LogP contribution is -1.95. The van der Waals surface area contributed by atoms with Crippen LogP contribution in [-0.2, 0) is 11.2 Å². The Balaban J connectivity index is 2.54. The Bertz CT molecular complexity index is 377. The molecule has 0 spiro atoms. The highest BCUT2D eigenvalue weighted by atomic mass is 16.1. The quantitative estimate of drug-likeness (QED) is 0.685. The molecule has 0 heterocycles. The van der Waals surface area contributed by atoms with Crippen LogP contribution in [0.15, 0.2) is 12.1 Å². The van der Waals surface area contributed by atoms with Crippen molar-refractivity contribution < 1.29 is 4.79 Å². The van der Waals surface area contributed by atoms with Crippen LogP contribution in [0.4, 0.5) is 0 Å². The molecule has 88 valence electrons. The fourth-order valence-corrected chi connectivity index (χ4v) is 1.98. The van der Waals surface area contributed by atoms with Crippen LogP contribution < -0.4 is 0 Å². The second-order valence-corrected chi connectivity index (χ2v) is 4.77. The van der Waals surface area contributed by atoms with E-state index in [1.165, 1.54) is 22.3 Å². The van der Waals surface area contributed by atoms with E-state index in [1.54, 1.807) is 6.92 Å². The second kappa shape index (κ2) is 5.83. The van der Waals surface area contributed by atoms with Gasteiger partial charge in [0.25, 0.3) is 0 Å². The van der Waals surface area contributed by atoms with Crippen molar-refractivity contribution in [3.8, 4) is 0 Å². The van der Waals surface area contributed by atoms with Crippen molar-refractivity contribution in [2.45, 2.75) is 53.4 Å². The summed E-state index contributed by atoms with van der Waals surface area (Å²) in [6.07, 6.45) is 3.95. The fraction of sp³-hybridized carbons (Fsp3) is 0.533. The van der Waals surface area contributed by atoms with E-state index in [1.807, 2.05) is 0 Å². The van der Waals surface area contributed by atoms with E-state index in [0.717, 1.165) is 25.7 Å². The van der Waals surface area contributed by atoms with Crippen LogP contribution in [0.2, 0.25) is 0 Å². The Hall–Kier alpha value is -1.11. The normalized spacial score (nSPS) is 10.5. The first-order valence-corrected chi connectivity index (χ1v) is 6.07. The summed E-state index contributed by atoms with van der Waals surface area (Å²) in [6.45, 7) is 8.16. The fourth-order valence-electron chi connectivity index (χ4n) is 1.98. The van der Waals surface area contributed by atoms with Crippen molar-refractivity contribution in [3.05, 3.63) is 34.4 Å². The number of carbonyl (C=O) groups excluding carboxylic acids is 1. The molecule has 1 aromatic rings. The van der Waals surface area contributed by atoms with Gasteiger partial charge in [-0.3, -0.25) is 0 Å². The highest BCUT2D eigenvalue weighted by molar-refractivity contribution is 5.75. The molecule has 0 aliphatic heterocycles. The van der Waals surface area contributed by atoms with Crippen LogP contribution >= 0.6 is 0 Å². The SMILES string of the molecule is CC(=O)CCCCc1cc(C)c(C)cc1C. The van der Waals surface area contributed by atoms with E-state index in [-0.39, 0.29) is 0 Å². The van der Waals surface area contributed by atoms with Crippen LogP contribution in [0.5, 0.6) is 0 Å². The molecule has 1 rings (SSSR count). The topological polar surface area (TPSA) is 17.1 Å². The monoisotopic (exact) mass is 218 g/mol. The smallest absolute Gasteiger partial charge is 0.129 e. The van der Waals surface area contributed by atoms with Gasteiger partial charge in [0.1, 0.15) is 5.78 Å². The molecule has 0 atom stereocenters. The second-order valence-electron chi connectivity index (χ2n) is 4.77. The van der Waals surface area contributed by atoms with Gasteiger partial charge in [-0.15, -0.1) is 0 Å². The Morgan fingerprint density at radius 3 is 2.25 bits per heavy atom. The molecule has 0 bridgehead atoms. The first-order valence-electron chi connectivity index (χ1n) is 6.07. The lowest BCUT2D eigenvalue weighted by Gasteiger charge is -2.09. The molecule has 0 saturated heterocycles. The average Bonchev–Trinajstić information content (AvgIpc) is 2.19. The van der Waals surface area contributed by atoms with Gasteiger partial charge in [0.2, 0.25) is 0 Å². The number of benzene rings is 1. The molecule has 0 aromatic heterocycles. The molecular weight excluding hydrogens is 196 g/mol. The van der Waals surface area contributed by atoms with E-state index >= 15 is 0 Å². The number of hydrogen-bond donors (Lipinski definition) is 0. The molecule has 0 N–H and O–H groups in total. The molecule has 16 heavy (non-hydrogen) atoms. The van der Waals surface area contributed by atoms with Gasteiger partial charge in [0.15, 0.2) is 0 Å². The van der Waals surface area contributed by atoms with Crippen LogP contribution in [0.25, 0.3) is 0 Å². The minimum atomic E-state index is 0.303. The van der Waals surface area contributed by atoms with Crippen LogP contribution in [0.1, 0.15) is 48.4 Å². The number of rotatable bonds is 5. The Morgan fingerprint density at radius 2 is 1.62 bits per heavy atom. The molecular formula is C15H22O. The maximum atomic E-state index is 10.8. The van der Waals surface area contributed by atoms with Gasteiger partial charge in [-0.25, -0.2) is 0 Å². The summed E-state index contributed by atoms with van der Waals surface area (Å²) in [5, 5.41) is 0. The van der Waals surface area contributed by atoms with E-state index in [4.69, 9.17) is 0 Å². The summed E-state index contributed by atoms with van der Waals surface area (Å²) >= 11 is 0. The highest BCUT2D eigenvalue weighted by Crippen LogP contribution is 2.17. The molecule has 1 nitrogen and oxygen atoms in total. The lowest BCUT2D eigenvalue weighted by molar-refractivity contribution is -0.117. The molecule has 0 aliphatic rings. The molecule has 0 aliphatic carbocycles. The first kappa shape index (κ1) is 13.0. The molecule has 0 amide bonds. The predicted octanol–water partition coefficient (Wildman–Crippen LogP) is 3.91. The van der Waals surface area contributed by atoms with Gasteiger partial charge < -0.3 is 4.79 Å². The van der Waals surface area contributed by atoms with Crippen LogP contribution in [0, 0.1) is 20.8 Å². The predicted molar refractivity (Wildman–Crippen MR) is 68.9 cm³/mol. The van der Waals surface area contributed by atoms with Crippen LogP contribution in [0.3, 0.4) is 0 Å². The standard InChI is InChI=1S/C15H22O/c1-11-9-13(3)15(10-12(11)2)8-6-5-7-14(4)16/h9-10H,5-8H2,1-4H3. The van der Waals surface area contributed by atoms with Crippen molar-refractivity contribution in [3.63, 3.8) is 0 Å². The molecule has 0 saturated carbocycles. The zero-order chi connectivity index (χ0) is 12.1. The summed E-state index contributed by atoms with van der Waals surface area (Å²) in [7, 11) is 0. The van der Waals surface area contributed by atoms with Crippen molar-refractivity contribution in [2.24, 2.45) is 0 Å². The van der Waals surface area contributed by atoms with Gasteiger partial charge >= 0.3 is 0 Å². The van der Waals surface area contributed by atoms with Crippen molar-refractivity contribution in [2.75, 3.05) is 0 Å². The van der Waals surface area contributed by atoms with Gasteiger partial charge in [-0.05, 0) is 69.2 Å². The van der Waals surface area contributed by atoms with E-state index in [2.05, 4.69) is 32.9 Å². The Morgan fingerprint density at radius 1 is 1.00 bits per heavy atom. The third kappa shape index (κ3) is 3.80. The minimum Gasteiger partial charge on any atom is -0.300 e. The number of aryl methyl sites for hydroxylation is 4. The maximum Gasteiger partial charge on any atom is 0.129 e. The molecule has 0 unspecified atom stereocenters. The number of ketones is 1.